The Bertz CT molecular complexity index is 612. The molecule has 0 fully saturated rings. The minimum atomic E-state index is -0.643. The summed E-state index contributed by atoms with van der Waals surface area (Å²) in [6, 6.07) is 7.57. The van der Waals surface area contributed by atoms with Crippen molar-refractivity contribution in [3.05, 3.63) is 56.5 Å². The van der Waals surface area contributed by atoms with Crippen molar-refractivity contribution in [3.63, 3.8) is 0 Å². The van der Waals surface area contributed by atoms with Gasteiger partial charge in [0.15, 0.2) is 0 Å². The molecule has 0 aromatic heterocycles. The van der Waals surface area contributed by atoms with Crippen LogP contribution in [0.4, 0.5) is 14.5 Å². The SMILES string of the molecule is COc1ccc(Br)c(CNc2c(F)cc(F)cc2Br)c1. The molecule has 0 radical (unpaired) electrons. The molecule has 0 unspecified atom stereocenters. The molecule has 2 rings (SSSR count). The van der Waals surface area contributed by atoms with E-state index >= 15 is 0 Å². The van der Waals surface area contributed by atoms with Crippen LogP contribution in [-0.4, -0.2) is 7.11 Å². The summed E-state index contributed by atoms with van der Waals surface area (Å²) in [6.45, 7) is 0.374. The lowest BCUT2D eigenvalue weighted by Gasteiger charge is -2.12. The molecule has 0 aliphatic rings. The van der Waals surface area contributed by atoms with Crippen molar-refractivity contribution in [2.24, 2.45) is 0 Å². The minimum absolute atomic E-state index is 0.223. The minimum Gasteiger partial charge on any atom is -0.497 e. The van der Waals surface area contributed by atoms with Crippen LogP contribution in [0, 0.1) is 11.6 Å². The molecule has 0 amide bonds. The summed E-state index contributed by atoms with van der Waals surface area (Å²) in [7, 11) is 1.58. The highest BCUT2D eigenvalue weighted by Gasteiger charge is 2.10. The molecule has 0 heterocycles. The van der Waals surface area contributed by atoms with Crippen LogP contribution < -0.4 is 10.1 Å². The number of rotatable bonds is 4. The Kier molecular flexibility index (Phi) is 4.99. The third-order valence-electron chi connectivity index (χ3n) is 2.72. The van der Waals surface area contributed by atoms with Crippen molar-refractivity contribution in [2.45, 2.75) is 6.54 Å². The molecular formula is C14H11Br2F2NO. The average molecular weight is 407 g/mol. The number of ether oxygens (including phenoxy) is 1. The fourth-order valence-corrected chi connectivity index (χ4v) is 2.64. The zero-order valence-electron chi connectivity index (χ0n) is 10.5. The van der Waals surface area contributed by atoms with E-state index in [2.05, 4.69) is 37.2 Å². The van der Waals surface area contributed by atoms with Gasteiger partial charge in [0.25, 0.3) is 0 Å². The molecule has 106 valence electrons. The lowest BCUT2D eigenvalue weighted by Crippen LogP contribution is -2.04. The van der Waals surface area contributed by atoms with Gasteiger partial charge in [-0.05, 0) is 45.8 Å². The van der Waals surface area contributed by atoms with Crippen molar-refractivity contribution in [1.82, 2.24) is 0 Å². The molecule has 2 nitrogen and oxygen atoms in total. The standard InChI is InChI=1S/C14H11Br2F2NO/c1-20-10-2-3-11(15)8(4-10)7-19-14-12(16)5-9(17)6-13(14)18/h2-6,19H,7H2,1H3. The van der Waals surface area contributed by atoms with Gasteiger partial charge >= 0.3 is 0 Å². The topological polar surface area (TPSA) is 21.3 Å². The molecule has 0 bridgehead atoms. The molecule has 0 aliphatic heterocycles. The number of anilines is 1. The second-order valence-corrected chi connectivity index (χ2v) is 5.76. The summed E-state index contributed by atoms with van der Waals surface area (Å²) < 4.78 is 33.1. The lowest BCUT2D eigenvalue weighted by molar-refractivity contribution is 0.414. The van der Waals surface area contributed by atoms with Crippen LogP contribution >= 0.6 is 31.9 Å². The Balaban J connectivity index is 2.21. The Morgan fingerprint density at radius 2 is 1.85 bits per heavy atom. The first-order chi connectivity index (χ1) is 9.51. The molecule has 0 saturated carbocycles. The second kappa shape index (κ2) is 6.54. The Labute approximate surface area is 132 Å². The van der Waals surface area contributed by atoms with Crippen molar-refractivity contribution >= 4 is 37.5 Å². The van der Waals surface area contributed by atoms with Gasteiger partial charge in [-0.2, -0.15) is 0 Å². The molecule has 6 heteroatoms. The van der Waals surface area contributed by atoms with Gasteiger partial charge in [-0.15, -0.1) is 0 Å². The van der Waals surface area contributed by atoms with Crippen LogP contribution in [0.2, 0.25) is 0 Å². The van der Waals surface area contributed by atoms with E-state index in [-0.39, 0.29) is 5.69 Å². The predicted molar refractivity (Wildman–Crippen MR) is 82.1 cm³/mol. The third kappa shape index (κ3) is 3.49. The third-order valence-corrected chi connectivity index (χ3v) is 4.11. The van der Waals surface area contributed by atoms with E-state index in [1.807, 2.05) is 18.2 Å². The Morgan fingerprint density at radius 3 is 2.50 bits per heavy atom. The van der Waals surface area contributed by atoms with E-state index in [0.29, 0.717) is 16.8 Å². The Hall–Kier alpha value is -1.14. The Morgan fingerprint density at radius 1 is 1.10 bits per heavy atom. The highest BCUT2D eigenvalue weighted by Crippen LogP contribution is 2.29. The van der Waals surface area contributed by atoms with E-state index < -0.39 is 11.6 Å². The number of hydrogen-bond donors (Lipinski definition) is 1. The fraction of sp³-hybridized carbons (Fsp3) is 0.143. The normalized spacial score (nSPS) is 10.4. The van der Waals surface area contributed by atoms with Gasteiger partial charge in [-0.25, -0.2) is 8.78 Å². The van der Waals surface area contributed by atoms with Gasteiger partial charge in [-0.3, -0.25) is 0 Å². The summed E-state index contributed by atoms with van der Waals surface area (Å²) in [4.78, 5) is 0. The van der Waals surface area contributed by atoms with Crippen LogP contribution in [0.25, 0.3) is 0 Å². The van der Waals surface area contributed by atoms with Crippen LogP contribution in [-0.2, 0) is 6.54 Å². The van der Waals surface area contributed by atoms with E-state index in [1.54, 1.807) is 7.11 Å². The van der Waals surface area contributed by atoms with Gasteiger partial charge in [0.05, 0.1) is 12.8 Å². The number of nitrogens with one attached hydrogen (secondary N) is 1. The quantitative estimate of drug-likeness (QED) is 0.761. The molecule has 0 aliphatic carbocycles. The zero-order chi connectivity index (χ0) is 14.7. The van der Waals surface area contributed by atoms with Crippen LogP contribution in [0.3, 0.4) is 0 Å². The number of methoxy groups -OCH3 is 1. The fourth-order valence-electron chi connectivity index (χ4n) is 1.71. The molecule has 20 heavy (non-hydrogen) atoms. The van der Waals surface area contributed by atoms with Crippen molar-refractivity contribution in [2.75, 3.05) is 12.4 Å². The first-order valence-electron chi connectivity index (χ1n) is 5.72. The van der Waals surface area contributed by atoms with Crippen LogP contribution in [0.15, 0.2) is 39.3 Å². The maximum atomic E-state index is 13.7. The zero-order valence-corrected chi connectivity index (χ0v) is 13.7. The van der Waals surface area contributed by atoms with E-state index in [4.69, 9.17) is 4.74 Å². The molecule has 0 atom stereocenters. The summed E-state index contributed by atoms with van der Waals surface area (Å²) in [5, 5.41) is 2.94. The smallest absolute Gasteiger partial charge is 0.150 e. The first-order valence-corrected chi connectivity index (χ1v) is 7.30. The largest absolute Gasteiger partial charge is 0.497 e. The maximum Gasteiger partial charge on any atom is 0.150 e. The predicted octanol–water partition coefficient (Wildman–Crippen LogP) is 5.11. The highest BCUT2D eigenvalue weighted by molar-refractivity contribution is 9.10. The molecule has 0 saturated heterocycles. The number of hydrogen-bond acceptors (Lipinski definition) is 2. The summed E-state index contributed by atoms with van der Waals surface area (Å²) in [6.07, 6.45) is 0. The van der Waals surface area contributed by atoms with Gasteiger partial charge in [-0.1, -0.05) is 15.9 Å². The monoisotopic (exact) mass is 405 g/mol. The number of benzene rings is 2. The molecule has 1 N–H and O–H groups in total. The average Bonchev–Trinajstić information content (AvgIpc) is 2.39. The van der Waals surface area contributed by atoms with E-state index in [0.717, 1.165) is 16.1 Å². The van der Waals surface area contributed by atoms with E-state index in [9.17, 15) is 8.78 Å². The number of halogens is 4. The van der Waals surface area contributed by atoms with Crippen LogP contribution in [0.1, 0.15) is 5.56 Å². The van der Waals surface area contributed by atoms with Crippen molar-refractivity contribution < 1.29 is 13.5 Å². The highest BCUT2D eigenvalue weighted by atomic mass is 79.9. The van der Waals surface area contributed by atoms with Crippen molar-refractivity contribution in [3.8, 4) is 5.75 Å². The molecule has 0 spiro atoms. The first kappa shape index (κ1) is 15.3. The van der Waals surface area contributed by atoms with Gasteiger partial charge in [0, 0.05) is 21.6 Å². The summed E-state index contributed by atoms with van der Waals surface area (Å²) >= 11 is 6.56. The van der Waals surface area contributed by atoms with Gasteiger partial charge in [0.2, 0.25) is 0 Å². The van der Waals surface area contributed by atoms with Crippen molar-refractivity contribution in [1.29, 1.82) is 0 Å². The van der Waals surface area contributed by atoms with E-state index in [1.165, 1.54) is 6.07 Å². The summed E-state index contributed by atoms with van der Waals surface area (Å²) in [5.41, 5.74) is 1.13. The second-order valence-electron chi connectivity index (χ2n) is 4.06. The maximum absolute atomic E-state index is 13.7. The van der Waals surface area contributed by atoms with Gasteiger partial charge < -0.3 is 10.1 Å². The summed E-state index contributed by atoms with van der Waals surface area (Å²) in [5.74, 6) is -0.554. The molecular weight excluding hydrogens is 396 g/mol. The molecule has 2 aromatic carbocycles. The molecule has 2 aromatic rings. The van der Waals surface area contributed by atoms with Crippen LogP contribution in [0.5, 0.6) is 5.75 Å². The van der Waals surface area contributed by atoms with Gasteiger partial charge in [0.1, 0.15) is 17.4 Å². The lowest BCUT2D eigenvalue weighted by atomic mass is 10.2.